The molecule has 1 amide bonds. The molecule has 1 saturated carbocycles. The Morgan fingerprint density at radius 2 is 2.04 bits per heavy atom. The molecule has 2 atom stereocenters. The predicted molar refractivity (Wildman–Crippen MR) is 111 cm³/mol. The third-order valence-electron chi connectivity index (χ3n) is 5.13. The van der Waals surface area contributed by atoms with Crippen LogP contribution in [0.25, 0.3) is 32.6 Å². The SMILES string of the molecule is Cc1ccc(-c2ccc[nH]2)cc1-c1ccc2nc(NC(=O)[C@@H]3CC3F)sc2c1. The number of carbonyl (C=O) groups is 1. The molecule has 2 heterocycles. The highest BCUT2D eigenvalue weighted by Gasteiger charge is 2.43. The number of alkyl halides is 1. The number of thiazole rings is 1. The molecule has 2 aromatic heterocycles. The van der Waals surface area contributed by atoms with Crippen LogP contribution in [0.5, 0.6) is 0 Å². The normalized spacial score (nSPS) is 18.4. The largest absolute Gasteiger partial charge is 0.361 e. The van der Waals surface area contributed by atoms with E-state index in [1.165, 1.54) is 16.9 Å². The Labute approximate surface area is 165 Å². The number of anilines is 1. The molecule has 2 aromatic carbocycles. The second-order valence-electron chi connectivity index (χ2n) is 7.16. The van der Waals surface area contributed by atoms with Crippen LogP contribution in [0.15, 0.2) is 54.7 Å². The van der Waals surface area contributed by atoms with Gasteiger partial charge in [0.1, 0.15) is 6.17 Å². The first-order valence-electron chi connectivity index (χ1n) is 9.19. The number of halogens is 1. The van der Waals surface area contributed by atoms with E-state index in [2.05, 4.69) is 52.5 Å². The lowest BCUT2D eigenvalue weighted by molar-refractivity contribution is -0.117. The Kier molecular flexibility index (Phi) is 4.02. The number of fused-ring (bicyclic) bond motifs is 1. The zero-order valence-electron chi connectivity index (χ0n) is 15.2. The number of amides is 1. The van der Waals surface area contributed by atoms with Crippen molar-refractivity contribution in [1.29, 1.82) is 0 Å². The van der Waals surface area contributed by atoms with Crippen molar-refractivity contribution in [3.8, 4) is 22.4 Å². The van der Waals surface area contributed by atoms with Crippen molar-refractivity contribution in [3.63, 3.8) is 0 Å². The van der Waals surface area contributed by atoms with Crippen LogP contribution in [-0.2, 0) is 4.79 Å². The highest BCUT2D eigenvalue weighted by atomic mass is 32.1. The summed E-state index contributed by atoms with van der Waals surface area (Å²) in [5.74, 6) is -0.790. The van der Waals surface area contributed by atoms with E-state index in [1.54, 1.807) is 0 Å². The van der Waals surface area contributed by atoms with Gasteiger partial charge in [-0.1, -0.05) is 29.5 Å². The van der Waals surface area contributed by atoms with Crippen LogP contribution in [0.1, 0.15) is 12.0 Å². The van der Waals surface area contributed by atoms with Gasteiger partial charge in [0.2, 0.25) is 5.91 Å². The first-order chi connectivity index (χ1) is 13.6. The molecule has 1 aliphatic carbocycles. The molecule has 5 rings (SSSR count). The summed E-state index contributed by atoms with van der Waals surface area (Å²) in [4.78, 5) is 19.7. The summed E-state index contributed by atoms with van der Waals surface area (Å²) in [6.07, 6.45) is 1.23. The fourth-order valence-electron chi connectivity index (χ4n) is 3.39. The van der Waals surface area contributed by atoms with Crippen molar-refractivity contribution in [2.75, 3.05) is 5.32 Å². The molecule has 1 fully saturated rings. The molecule has 0 bridgehead atoms. The van der Waals surface area contributed by atoms with Crippen molar-refractivity contribution in [3.05, 3.63) is 60.3 Å². The second kappa shape index (κ2) is 6.56. The molecule has 2 N–H and O–H groups in total. The van der Waals surface area contributed by atoms with Gasteiger partial charge in [-0.3, -0.25) is 4.79 Å². The highest BCUT2D eigenvalue weighted by molar-refractivity contribution is 7.22. The number of hydrogen-bond acceptors (Lipinski definition) is 3. The maximum Gasteiger partial charge on any atom is 0.232 e. The number of rotatable bonds is 4. The summed E-state index contributed by atoms with van der Waals surface area (Å²) in [7, 11) is 0. The maximum atomic E-state index is 13.1. The Morgan fingerprint density at radius 1 is 1.21 bits per heavy atom. The van der Waals surface area contributed by atoms with Crippen molar-refractivity contribution in [2.24, 2.45) is 5.92 Å². The lowest BCUT2D eigenvalue weighted by Gasteiger charge is -2.09. The van der Waals surface area contributed by atoms with Crippen molar-refractivity contribution in [2.45, 2.75) is 19.5 Å². The standard InChI is InChI=1S/C22H18FN3OS/c1-12-4-5-14(18-3-2-8-24-18)9-15(12)13-6-7-19-20(10-13)28-22(25-19)26-21(27)16-11-17(16)23/h2-10,16-17,24H,11H2,1H3,(H,25,26,27)/t16-,17?/m1/s1. The molecule has 28 heavy (non-hydrogen) atoms. The van der Waals surface area contributed by atoms with Crippen molar-refractivity contribution >= 4 is 32.6 Å². The lowest BCUT2D eigenvalue weighted by Crippen LogP contribution is -2.14. The van der Waals surface area contributed by atoms with E-state index in [-0.39, 0.29) is 5.91 Å². The van der Waals surface area contributed by atoms with Gasteiger partial charge in [-0.2, -0.15) is 0 Å². The van der Waals surface area contributed by atoms with Gasteiger partial charge in [-0.05, 0) is 65.9 Å². The Balaban J connectivity index is 1.48. The number of carbonyl (C=O) groups excluding carboxylic acids is 1. The molecule has 0 radical (unpaired) electrons. The maximum absolute atomic E-state index is 13.1. The molecule has 6 heteroatoms. The smallest absolute Gasteiger partial charge is 0.232 e. The number of aromatic nitrogens is 2. The molecule has 1 unspecified atom stereocenters. The average Bonchev–Trinajstić information content (AvgIpc) is 3.09. The van der Waals surface area contributed by atoms with Gasteiger partial charge in [-0.15, -0.1) is 0 Å². The van der Waals surface area contributed by atoms with E-state index in [0.29, 0.717) is 11.6 Å². The summed E-state index contributed by atoms with van der Waals surface area (Å²) in [5, 5.41) is 3.27. The minimum absolute atomic E-state index is 0.277. The molecule has 0 aliphatic heterocycles. The third-order valence-corrected chi connectivity index (χ3v) is 6.06. The van der Waals surface area contributed by atoms with Gasteiger partial charge in [0.25, 0.3) is 0 Å². The second-order valence-corrected chi connectivity index (χ2v) is 8.19. The van der Waals surface area contributed by atoms with E-state index in [0.717, 1.165) is 32.6 Å². The summed E-state index contributed by atoms with van der Waals surface area (Å²) in [6, 6.07) is 16.6. The Bertz CT molecular complexity index is 1180. The molecular weight excluding hydrogens is 373 g/mol. The van der Waals surface area contributed by atoms with Crippen LogP contribution >= 0.6 is 11.3 Å². The van der Waals surface area contributed by atoms with Gasteiger partial charge >= 0.3 is 0 Å². The van der Waals surface area contributed by atoms with E-state index in [1.807, 2.05) is 24.4 Å². The lowest BCUT2D eigenvalue weighted by atomic mass is 9.97. The number of hydrogen-bond donors (Lipinski definition) is 2. The molecule has 4 nitrogen and oxygen atoms in total. The molecule has 1 aliphatic rings. The first kappa shape index (κ1) is 17.1. The van der Waals surface area contributed by atoms with Gasteiger partial charge in [0.15, 0.2) is 5.13 Å². The van der Waals surface area contributed by atoms with E-state index in [4.69, 9.17) is 0 Å². The number of benzene rings is 2. The van der Waals surface area contributed by atoms with Crippen molar-refractivity contribution in [1.82, 2.24) is 9.97 Å². The van der Waals surface area contributed by atoms with E-state index >= 15 is 0 Å². The van der Waals surface area contributed by atoms with E-state index in [9.17, 15) is 9.18 Å². The Morgan fingerprint density at radius 3 is 2.79 bits per heavy atom. The minimum Gasteiger partial charge on any atom is -0.361 e. The number of aromatic amines is 1. The average molecular weight is 391 g/mol. The summed E-state index contributed by atoms with van der Waals surface area (Å²) >= 11 is 1.42. The first-order valence-corrected chi connectivity index (χ1v) is 10.0. The third kappa shape index (κ3) is 3.10. The molecule has 0 saturated heterocycles. The predicted octanol–water partition coefficient (Wildman–Crippen LogP) is 5.56. The van der Waals surface area contributed by atoms with Gasteiger partial charge < -0.3 is 10.3 Å². The van der Waals surface area contributed by atoms with Crippen LogP contribution in [0.3, 0.4) is 0 Å². The minimum atomic E-state index is -1.00. The van der Waals surface area contributed by atoms with Crippen LogP contribution < -0.4 is 5.32 Å². The highest BCUT2D eigenvalue weighted by Crippen LogP contribution is 2.37. The zero-order valence-corrected chi connectivity index (χ0v) is 16.0. The number of nitrogens with one attached hydrogen (secondary N) is 2. The van der Waals surface area contributed by atoms with Crippen LogP contribution in [0, 0.1) is 12.8 Å². The van der Waals surface area contributed by atoms with Crippen LogP contribution in [0.2, 0.25) is 0 Å². The molecule has 4 aromatic rings. The summed E-state index contributed by atoms with van der Waals surface area (Å²) < 4.78 is 14.1. The topological polar surface area (TPSA) is 57.8 Å². The molecule has 140 valence electrons. The molecule has 0 spiro atoms. The van der Waals surface area contributed by atoms with E-state index < -0.39 is 12.1 Å². The number of nitrogens with zero attached hydrogens (tertiary/aromatic N) is 1. The monoisotopic (exact) mass is 391 g/mol. The number of aryl methyl sites for hydroxylation is 1. The summed E-state index contributed by atoms with van der Waals surface area (Å²) in [5.41, 5.74) is 6.49. The number of H-pyrrole nitrogens is 1. The Hall–Kier alpha value is -2.99. The van der Waals surface area contributed by atoms with Crippen LogP contribution in [0.4, 0.5) is 9.52 Å². The van der Waals surface area contributed by atoms with Gasteiger partial charge in [-0.25, -0.2) is 9.37 Å². The summed E-state index contributed by atoms with van der Waals surface area (Å²) in [6.45, 7) is 2.10. The van der Waals surface area contributed by atoms with Gasteiger partial charge in [0, 0.05) is 11.9 Å². The zero-order chi connectivity index (χ0) is 19.3. The van der Waals surface area contributed by atoms with Crippen molar-refractivity contribution < 1.29 is 9.18 Å². The quantitative estimate of drug-likeness (QED) is 0.478. The molecular formula is C22H18FN3OS. The fourth-order valence-corrected chi connectivity index (χ4v) is 4.30. The fraction of sp³-hybridized carbons (Fsp3) is 0.182. The van der Waals surface area contributed by atoms with Gasteiger partial charge in [0.05, 0.1) is 16.1 Å². The van der Waals surface area contributed by atoms with Crippen LogP contribution in [-0.4, -0.2) is 22.0 Å².